The molecule has 0 saturated carbocycles. The first-order valence-electron chi connectivity index (χ1n) is 6.44. The Hall–Kier alpha value is -2.09. The third-order valence-corrected chi connectivity index (χ3v) is 3.83. The highest BCUT2D eigenvalue weighted by molar-refractivity contribution is 5.98. The van der Waals surface area contributed by atoms with Gasteiger partial charge in [0.1, 0.15) is 0 Å². The first kappa shape index (κ1) is 13.9. The Morgan fingerprint density at radius 3 is 2.86 bits per heavy atom. The van der Waals surface area contributed by atoms with E-state index in [-0.39, 0.29) is 13.0 Å². The molecule has 1 aromatic carbocycles. The molecule has 0 bridgehead atoms. The van der Waals surface area contributed by atoms with E-state index < -0.39 is 24.0 Å². The van der Waals surface area contributed by atoms with E-state index in [1.165, 1.54) is 0 Å². The van der Waals surface area contributed by atoms with Crippen LogP contribution < -0.4 is 10.6 Å². The number of benzene rings is 1. The van der Waals surface area contributed by atoms with Gasteiger partial charge in [-0.1, -0.05) is 0 Å². The molecule has 2 heterocycles. The van der Waals surface area contributed by atoms with Gasteiger partial charge in [0, 0.05) is 17.6 Å². The van der Waals surface area contributed by atoms with Crippen molar-refractivity contribution in [3.63, 3.8) is 0 Å². The van der Waals surface area contributed by atoms with Crippen LogP contribution in [0.25, 0.3) is 10.9 Å². The van der Waals surface area contributed by atoms with Gasteiger partial charge >= 0.3 is 6.18 Å². The zero-order chi connectivity index (χ0) is 15.1. The van der Waals surface area contributed by atoms with Crippen molar-refractivity contribution in [2.75, 3.05) is 18.4 Å². The number of nitrogens with zero attached hydrogens (tertiary/aromatic N) is 1. The number of aromatic amines is 1. The predicted molar refractivity (Wildman–Crippen MR) is 70.7 cm³/mol. The van der Waals surface area contributed by atoms with E-state index in [0.29, 0.717) is 5.69 Å². The summed E-state index contributed by atoms with van der Waals surface area (Å²) in [6.07, 6.45) is -3.29. The average molecular weight is 298 g/mol. The van der Waals surface area contributed by atoms with Crippen molar-refractivity contribution in [3.05, 3.63) is 24.4 Å². The maximum absolute atomic E-state index is 13.3. The summed E-state index contributed by atoms with van der Waals surface area (Å²) in [5.41, 5.74) is -1.29. The second-order valence-electron chi connectivity index (χ2n) is 5.13. The van der Waals surface area contributed by atoms with Crippen LogP contribution in [0.4, 0.5) is 18.9 Å². The molecular weight excluding hydrogens is 285 g/mol. The van der Waals surface area contributed by atoms with Gasteiger partial charge in [-0.25, -0.2) is 0 Å². The summed E-state index contributed by atoms with van der Waals surface area (Å²) in [5.74, 6) is -1.03. The van der Waals surface area contributed by atoms with Gasteiger partial charge in [-0.15, -0.1) is 0 Å². The van der Waals surface area contributed by atoms with Crippen LogP contribution in [-0.2, 0) is 4.79 Å². The van der Waals surface area contributed by atoms with Crippen LogP contribution in [0.3, 0.4) is 0 Å². The highest BCUT2D eigenvalue weighted by Crippen LogP contribution is 2.43. The zero-order valence-corrected chi connectivity index (χ0v) is 10.9. The number of amides is 1. The molecule has 0 spiro atoms. The van der Waals surface area contributed by atoms with Crippen LogP contribution >= 0.6 is 0 Å². The van der Waals surface area contributed by atoms with Crippen LogP contribution in [0.2, 0.25) is 0 Å². The van der Waals surface area contributed by atoms with Crippen molar-refractivity contribution < 1.29 is 18.0 Å². The molecule has 1 aromatic heterocycles. The normalized spacial score (nSPS) is 22.6. The summed E-state index contributed by atoms with van der Waals surface area (Å²) in [6, 6.07) is 4.79. The Balaban J connectivity index is 1.87. The van der Waals surface area contributed by atoms with Crippen molar-refractivity contribution in [2.45, 2.75) is 12.6 Å². The number of hydrogen-bond acceptors (Lipinski definition) is 3. The third-order valence-electron chi connectivity index (χ3n) is 3.83. The number of nitrogens with one attached hydrogen (secondary N) is 3. The van der Waals surface area contributed by atoms with Crippen molar-refractivity contribution >= 4 is 22.5 Å². The largest absolute Gasteiger partial charge is 0.404 e. The fourth-order valence-electron chi connectivity index (χ4n) is 2.53. The maximum Gasteiger partial charge on any atom is 0.404 e. The number of rotatable bonds is 2. The molecule has 1 saturated heterocycles. The van der Waals surface area contributed by atoms with E-state index in [2.05, 4.69) is 20.8 Å². The number of halogens is 3. The van der Waals surface area contributed by atoms with Crippen molar-refractivity contribution in [1.82, 2.24) is 15.5 Å². The second kappa shape index (κ2) is 4.73. The lowest BCUT2D eigenvalue weighted by Gasteiger charge is -2.29. The van der Waals surface area contributed by atoms with E-state index in [1.807, 2.05) is 0 Å². The lowest BCUT2D eigenvalue weighted by atomic mass is 9.85. The number of hydrogen-bond donors (Lipinski definition) is 3. The molecule has 1 aliphatic rings. The number of fused-ring (bicyclic) bond motifs is 1. The third kappa shape index (κ3) is 2.25. The molecule has 3 rings (SSSR count). The van der Waals surface area contributed by atoms with Gasteiger partial charge in [0.15, 0.2) is 5.41 Å². The minimum absolute atomic E-state index is 0.174. The summed E-state index contributed by atoms with van der Waals surface area (Å²) < 4.78 is 39.8. The lowest BCUT2D eigenvalue weighted by Crippen LogP contribution is -2.49. The van der Waals surface area contributed by atoms with Crippen molar-refractivity contribution in [1.29, 1.82) is 0 Å². The van der Waals surface area contributed by atoms with E-state index in [0.717, 1.165) is 10.9 Å². The SMILES string of the molecule is O=C(Nc1ccc2[nH]ncc2c1)C1(C(F)(F)F)CCNC1. The first-order chi connectivity index (χ1) is 9.92. The smallest absolute Gasteiger partial charge is 0.325 e. The van der Waals surface area contributed by atoms with Crippen LogP contribution in [0, 0.1) is 5.41 Å². The van der Waals surface area contributed by atoms with Crippen LogP contribution in [-0.4, -0.2) is 35.4 Å². The second-order valence-corrected chi connectivity index (χ2v) is 5.13. The van der Waals surface area contributed by atoms with Gasteiger partial charge in [0.25, 0.3) is 0 Å². The maximum atomic E-state index is 13.3. The van der Waals surface area contributed by atoms with Crippen molar-refractivity contribution in [2.24, 2.45) is 5.41 Å². The van der Waals surface area contributed by atoms with Gasteiger partial charge < -0.3 is 10.6 Å². The van der Waals surface area contributed by atoms with E-state index in [9.17, 15) is 18.0 Å². The van der Waals surface area contributed by atoms with Crippen LogP contribution in [0.15, 0.2) is 24.4 Å². The number of anilines is 1. The van der Waals surface area contributed by atoms with E-state index in [4.69, 9.17) is 0 Å². The molecule has 21 heavy (non-hydrogen) atoms. The first-order valence-corrected chi connectivity index (χ1v) is 6.44. The predicted octanol–water partition coefficient (Wildman–Crippen LogP) is 2.04. The lowest BCUT2D eigenvalue weighted by molar-refractivity contribution is -0.213. The minimum atomic E-state index is -4.58. The Labute approximate surface area is 117 Å². The molecule has 1 unspecified atom stereocenters. The molecule has 2 aromatic rings. The number of alkyl halides is 3. The number of aromatic nitrogens is 2. The van der Waals surface area contributed by atoms with Gasteiger partial charge in [-0.3, -0.25) is 9.89 Å². The summed E-state index contributed by atoms with van der Waals surface area (Å²) in [7, 11) is 0. The quantitative estimate of drug-likeness (QED) is 0.794. The number of carbonyl (C=O) groups is 1. The Kier molecular flexibility index (Phi) is 3.12. The molecule has 1 atom stereocenters. The Bertz CT molecular complexity index is 673. The summed E-state index contributed by atoms with van der Waals surface area (Å²) in [6.45, 7) is -0.218. The molecule has 5 nitrogen and oxygen atoms in total. The molecule has 3 N–H and O–H groups in total. The zero-order valence-electron chi connectivity index (χ0n) is 10.9. The topological polar surface area (TPSA) is 69.8 Å². The summed E-state index contributed by atoms with van der Waals surface area (Å²) >= 11 is 0. The average Bonchev–Trinajstić information content (AvgIpc) is 3.07. The molecule has 1 aliphatic heterocycles. The summed E-state index contributed by atoms with van der Waals surface area (Å²) in [4.78, 5) is 12.2. The van der Waals surface area contributed by atoms with E-state index >= 15 is 0 Å². The van der Waals surface area contributed by atoms with Gasteiger partial charge in [-0.05, 0) is 31.2 Å². The fraction of sp³-hybridized carbons (Fsp3) is 0.385. The fourth-order valence-corrected chi connectivity index (χ4v) is 2.53. The highest BCUT2D eigenvalue weighted by atomic mass is 19.4. The monoisotopic (exact) mass is 298 g/mol. The molecule has 0 aliphatic carbocycles. The molecule has 112 valence electrons. The van der Waals surface area contributed by atoms with Gasteiger partial charge in [-0.2, -0.15) is 18.3 Å². The number of carbonyl (C=O) groups excluding carboxylic acids is 1. The van der Waals surface area contributed by atoms with Crippen molar-refractivity contribution in [3.8, 4) is 0 Å². The Morgan fingerprint density at radius 1 is 1.38 bits per heavy atom. The Morgan fingerprint density at radius 2 is 2.19 bits per heavy atom. The highest BCUT2D eigenvalue weighted by Gasteiger charge is 2.61. The minimum Gasteiger partial charge on any atom is -0.325 e. The molecule has 1 fully saturated rings. The number of H-pyrrole nitrogens is 1. The molecule has 1 amide bonds. The molecule has 0 radical (unpaired) electrons. The summed E-state index contributed by atoms with van der Waals surface area (Å²) in [5, 5.41) is 12.3. The van der Waals surface area contributed by atoms with Gasteiger partial charge in [0.05, 0.1) is 11.7 Å². The molecular formula is C13H13F3N4O. The molecule has 8 heteroatoms. The van der Waals surface area contributed by atoms with Crippen LogP contribution in [0.1, 0.15) is 6.42 Å². The standard InChI is InChI=1S/C13H13F3N4O/c14-13(15,16)12(3-4-17-7-12)11(21)19-9-1-2-10-8(5-9)6-18-20-10/h1-2,5-6,17H,3-4,7H2,(H,18,20)(H,19,21). The van der Waals surface area contributed by atoms with E-state index in [1.54, 1.807) is 24.4 Å². The van der Waals surface area contributed by atoms with Crippen LogP contribution in [0.5, 0.6) is 0 Å². The van der Waals surface area contributed by atoms with Gasteiger partial charge in [0.2, 0.25) is 5.91 Å².